The molecular formula is C20H29N3O2. The van der Waals surface area contributed by atoms with Gasteiger partial charge in [0.25, 0.3) is 0 Å². The number of aromatic nitrogens is 2. The van der Waals surface area contributed by atoms with E-state index >= 15 is 0 Å². The second-order valence-corrected chi connectivity index (χ2v) is 7.33. The molecule has 0 saturated heterocycles. The number of aryl methyl sites for hydroxylation is 3. The number of amides is 1. The Morgan fingerprint density at radius 3 is 2.40 bits per heavy atom. The molecule has 2 aromatic rings. The Morgan fingerprint density at radius 2 is 1.84 bits per heavy atom. The van der Waals surface area contributed by atoms with Gasteiger partial charge in [-0.2, -0.15) is 5.10 Å². The summed E-state index contributed by atoms with van der Waals surface area (Å²) >= 11 is 0. The van der Waals surface area contributed by atoms with Gasteiger partial charge in [0.1, 0.15) is 5.75 Å². The minimum Gasteiger partial charge on any atom is -0.497 e. The summed E-state index contributed by atoms with van der Waals surface area (Å²) in [6, 6.07) is 8.05. The van der Waals surface area contributed by atoms with Gasteiger partial charge in [-0.05, 0) is 37.0 Å². The smallest absolute Gasteiger partial charge is 0.229 e. The second kappa shape index (κ2) is 8.19. The van der Waals surface area contributed by atoms with Crippen molar-refractivity contribution in [1.82, 2.24) is 10.2 Å². The molecule has 0 saturated carbocycles. The molecule has 1 aromatic carbocycles. The van der Waals surface area contributed by atoms with Crippen LogP contribution in [0.15, 0.2) is 24.3 Å². The molecule has 1 heterocycles. The van der Waals surface area contributed by atoms with Gasteiger partial charge in [0.05, 0.1) is 24.2 Å². The maximum absolute atomic E-state index is 12.4. The van der Waals surface area contributed by atoms with Gasteiger partial charge in [-0.1, -0.05) is 46.2 Å². The maximum Gasteiger partial charge on any atom is 0.229 e. The first-order valence-electron chi connectivity index (χ1n) is 8.85. The van der Waals surface area contributed by atoms with Crippen LogP contribution in [-0.2, 0) is 24.1 Å². The molecular weight excluding hydrogens is 314 g/mol. The number of H-pyrrole nitrogens is 1. The number of ether oxygens (including phenoxy) is 1. The molecule has 25 heavy (non-hydrogen) atoms. The fourth-order valence-corrected chi connectivity index (χ4v) is 2.54. The first-order valence-corrected chi connectivity index (χ1v) is 8.85. The molecule has 0 spiro atoms. The summed E-state index contributed by atoms with van der Waals surface area (Å²) in [5, 5.41) is 10.6. The Balaban J connectivity index is 2.14. The summed E-state index contributed by atoms with van der Waals surface area (Å²) in [7, 11) is 1.66. The lowest BCUT2D eigenvalue weighted by Crippen LogP contribution is -2.28. The Hall–Kier alpha value is -2.30. The number of nitrogens with zero attached hydrogens (tertiary/aromatic N) is 1. The molecule has 1 amide bonds. The molecule has 0 atom stereocenters. The third-order valence-corrected chi connectivity index (χ3v) is 4.15. The topological polar surface area (TPSA) is 67.0 Å². The number of carbonyl (C=O) groups is 1. The van der Waals surface area contributed by atoms with Crippen LogP contribution >= 0.6 is 0 Å². The van der Waals surface area contributed by atoms with E-state index in [0.29, 0.717) is 0 Å². The molecule has 5 nitrogen and oxygen atoms in total. The van der Waals surface area contributed by atoms with Crippen molar-refractivity contribution in [2.75, 3.05) is 12.4 Å². The number of nitrogens with one attached hydrogen (secondary N) is 2. The Labute approximate surface area is 150 Å². The Bertz CT molecular complexity index is 697. The standard InChI is InChI=1S/C20H29N3O2/c1-6-7-16-18(21-19(24)20(2,3)4)17(23-22-16)13-10-14-8-11-15(25-5)12-9-14/h8-9,11-12H,6-7,10,13H2,1-5H3,(H,21,24)(H,22,23). The Morgan fingerprint density at radius 1 is 1.16 bits per heavy atom. The number of anilines is 1. The summed E-state index contributed by atoms with van der Waals surface area (Å²) < 4.78 is 5.19. The van der Waals surface area contributed by atoms with E-state index in [1.807, 2.05) is 32.9 Å². The van der Waals surface area contributed by atoms with Crippen molar-refractivity contribution < 1.29 is 9.53 Å². The van der Waals surface area contributed by atoms with Gasteiger partial charge in [-0.25, -0.2) is 0 Å². The molecule has 0 aliphatic rings. The van der Waals surface area contributed by atoms with E-state index in [1.165, 1.54) is 5.56 Å². The summed E-state index contributed by atoms with van der Waals surface area (Å²) in [5.74, 6) is 0.865. The second-order valence-electron chi connectivity index (χ2n) is 7.33. The molecule has 2 N–H and O–H groups in total. The molecule has 5 heteroatoms. The summed E-state index contributed by atoms with van der Waals surface area (Å²) in [6.07, 6.45) is 3.50. The molecule has 0 fully saturated rings. The lowest BCUT2D eigenvalue weighted by atomic mass is 9.95. The minimum atomic E-state index is -0.436. The van der Waals surface area contributed by atoms with Crippen molar-refractivity contribution in [3.05, 3.63) is 41.2 Å². The number of aromatic amines is 1. The monoisotopic (exact) mass is 343 g/mol. The lowest BCUT2D eigenvalue weighted by Gasteiger charge is -2.18. The van der Waals surface area contributed by atoms with Crippen molar-refractivity contribution in [3.8, 4) is 5.75 Å². The van der Waals surface area contributed by atoms with Crippen molar-refractivity contribution in [3.63, 3.8) is 0 Å². The third kappa shape index (κ3) is 5.08. The quantitative estimate of drug-likeness (QED) is 0.794. The van der Waals surface area contributed by atoms with Crippen LogP contribution in [0.2, 0.25) is 0 Å². The van der Waals surface area contributed by atoms with Gasteiger partial charge >= 0.3 is 0 Å². The average molecular weight is 343 g/mol. The van der Waals surface area contributed by atoms with E-state index in [2.05, 4.69) is 34.6 Å². The normalized spacial score (nSPS) is 11.4. The highest BCUT2D eigenvalue weighted by Gasteiger charge is 2.24. The number of carbonyl (C=O) groups excluding carboxylic acids is 1. The SMILES string of the molecule is CCCc1[nH]nc(CCc2ccc(OC)cc2)c1NC(=O)C(C)(C)C. The van der Waals surface area contributed by atoms with Crippen molar-refractivity contribution in [2.24, 2.45) is 5.41 Å². The molecule has 0 bridgehead atoms. The van der Waals surface area contributed by atoms with Gasteiger partial charge in [0, 0.05) is 5.41 Å². The number of hydrogen-bond donors (Lipinski definition) is 2. The lowest BCUT2D eigenvalue weighted by molar-refractivity contribution is -0.123. The van der Waals surface area contributed by atoms with E-state index < -0.39 is 5.41 Å². The highest BCUT2D eigenvalue weighted by molar-refractivity contribution is 5.95. The minimum absolute atomic E-state index is 0.0111. The predicted molar refractivity (Wildman–Crippen MR) is 101 cm³/mol. The van der Waals surface area contributed by atoms with Gasteiger partial charge in [0.15, 0.2) is 0 Å². The molecule has 0 unspecified atom stereocenters. The van der Waals surface area contributed by atoms with E-state index in [9.17, 15) is 4.79 Å². The highest BCUT2D eigenvalue weighted by Crippen LogP contribution is 2.25. The number of rotatable bonds is 7. The van der Waals surface area contributed by atoms with Crippen molar-refractivity contribution in [2.45, 2.75) is 53.4 Å². The fourth-order valence-electron chi connectivity index (χ4n) is 2.54. The molecule has 136 valence electrons. The zero-order chi connectivity index (χ0) is 18.4. The molecule has 2 rings (SSSR count). The van der Waals surface area contributed by atoms with Crippen LogP contribution in [-0.4, -0.2) is 23.2 Å². The molecule has 0 aliphatic heterocycles. The van der Waals surface area contributed by atoms with Gasteiger partial charge in [-0.15, -0.1) is 0 Å². The summed E-state index contributed by atoms with van der Waals surface area (Å²) in [4.78, 5) is 12.4. The van der Waals surface area contributed by atoms with E-state index in [1.54, 1.807) is 7.11 Å². The first kappa shape index (κ1) is 19.0. The third-order valence-electron chi connectivity index (χ3n) is 4.15. The van der Waals surface area contributed by atoms with Gasteiger partial charge in [-0.3, -0.25) is 9.89 Å². The van der Waals surface area contributed by atoms with E-state index in [-0.39, 0.29) is 5.91 Å². The summed E-state index contributed by atoms with van der Waals surface area (Å²) in [5.41, 5.74) is 3.56. The maximum atomic E-state index is 12.4. The Kier molecular flexibility index (Phi) is 6.23. The van der Waals surface area contributed by atoms with Crippen LogP contribution in [0.4, 0.5) is 5.69 Å². The summed E-state index contributed by atoms with van der Waals surface area (Å²) in [6.45, 7) is 7.87. The van der Waals surface area contributed by atoms with Crippen LogP contribution < -0.4 is 10.1 Å². The van der Waals surface area contributed by atoms with Gasteiger partial charge < -0.3 is 10.1 Å². The highest BCUT2D eigenvalue weighted by atomic mass is 16.5. The van der Waals surface area contributed by atoms with E-state index in [4.69, 9.17) is 4.74 Å². The zero-order valence-corrected chi connectivity index (χ0v) is 15.9. The number of benzene rings is 1. The molecule has 1 aromatic heterocycles. The largest absolute Gasteiger partial charge is 0.497 e. The van der Waals surface area contributed by atoms with Crippen molar-refractivity contribution in [1.29, 1.82) is 0 Å². The van der Waals surface area contributed by atoms with Crippen LogP contribution in [0, 0.1) is 5.41 Å². The van der Waals surface area contributed by atoms with E-state index in [0.717, 1.165) is 48.5 Å². The first-order chi connectivity index (χ1) is 11.8. The molecule has 0 radical (unpaired) electrons. The predicted octanol–water partition coefficient (Wildman–Crippen LogP) is 4.14. The van der Waals surface area contributed by atoms with Crippen LogP contribution in [0.1, 0.15) is 51.1 Å². The number of methoxy groups -OCH3 is 1. The van der Waals surface area contributed by atoms with Crippen LogP contribution in [0.5, 0.6) is 5.75 Å². The van der Waals surface area contributed by atoms with Crippen LogP contribution in [0.25, 0.3) is 0 Å². The average Bonchev–Trinajstić information content (AvgIpc) is 2.95. The van der Waals surface area contributed by atoms with Crippen molar-refractivity contribution >= 4 is 11.6 Å². The zero-order valence-electron chi connectivity index (χ0n) is 15.9. The molecule has 0 aliphatic carbocycles. The number of hydrogen-bond acceptors (Lipinski definition) is 3. The van der Waals surface area contributed by atoms with Gasteiger partial charge in [0.2, 0.25) is 5.91 Å². The fraction of sp³-hybridized carbons (Fsp3) is 0.500. The van der Waals surface area contributed by atoms with Crippen LogP contribution in [0.3, 0.4) is 0 Å².